The number of nitrogens with zero attached hydrogens (tertiary/aromatic N) is 2. The summed E-state index contributed by atoms with van der Waals surface area (Å²) in [5.41, 5.74) is 2.74. The van der Waals surface area contributed by atoms with E-state index in [9.17, 15) is 9.90 Å². The molecule has 0 amide bonds. The van der Waals surface area contributed by atoms with Crippen LogP contribution in [0, 0.1) is 19.8 Å². The molecule has 0 bridgehead atoms. The van der Waals surface area contributed by atoms with Crippen LogP contribution in [0.4, 0.5) is 0 Å². The Balaban J connectivity index is 1.96. The normalized spacial score (nSPS) is 12.3. The van der Waals surface area contributed by atoms with Crippen LogP contribution in [0.25, 0.3) is 0 Å². The molecule has 1 aromatic heterocycles. The molecule has 0 aliphatic carbocycles. The monoisotopic (exact) mass is 406 g/mol. The largest absolute Gasteiger partial charge is 0.493 e. The summed E-state index contributed by atoms with van der Waals surface area (Å²) in [4.78, 5) is 16.1. The van der Waals surface area contributed by atoms with Crippen molar-refractivity contribution >= 4 is 17.5 Å². The molecule has 1 atom stereocenters. The molecule has 1 unspecified atom stereocenters. The summed E-state index contributed by atoms with van der Waals surface area (Å²) in [5.74, 6) is 1.94. The average Bonchev–Trinajstić information content (AvgIpc) is 2.91. The first-order chi connectivity index (χ1) is 13.2. The van der Waals surface area contributed by atoms with Gasteiger partial charge in [-0.25, -0.2) is 4.98 Å². The number of carbonyl (C=O) groups excluding carboxylic acids is 1. The number of rotatable bonds is 10. The lowest BCUT2D eigenvalue weighted by atomic mass is 10.1. The van der Waals surface area contributed by atoms with Crippen LogP contribution >= 0.6 is 11.8 Å². The van der Waals surface area contributed by atoms with Crippen molar-refractivity contribution in [2.24, 2.45) is 5.92 Å². The molecule has 154 valence electrons. The molecule has 1 N–H and O–H groups in total. The molecule has 0 aliphatic rings. The predicted molar refractivity (Wildman–Crippen MR) is 112 cm³/mol. The molecule has 0 fully saturated rings. The van der Waals surface area contributed by atoms with Gasteiger partial charge in [0.25, 0.3) is 0 Å². The van der Waals surface area contributed by atoms with Gasteiger partial charge in [-0.05, 0) is 44.9 Å². The number of benzene rings is 1. The Bertz CT molecular complexity index is 817. The highest BCUT2D eigenvalue weighted by molar-refractivity contribution is 7.99. The summed E-state index contributed by atoms with van der Waals surface area (Å²) in [5, 5.41) is 11.3. The van der Waals surface area contributed by atoms with Crippen LogP contribution in [0.1, 0.15) is 42.5 Å². The van der Waals surface area contributed by atoms with Crippen LogP contribution < -0.4 is 9.47 Å². The number of ether oxygens (including phenoxy) is 2. The maximum absolute atomic E-state index is 11.5. The number of methoxy groups -OCH3 is 1. The molecular formula is C21H30N2O4S. The summed E-state index contributed by atoms with van der Waals surface area (Å²) in [6.07, 6.45) is -0.660. The number of Topliss-reactive ketones (excluding diaryl/α,β-unsaturated/α-hetero) is 1. The molecule has 0 radical (unpaired) electrons. The summed E-state index contributed by atoms with van der Waals surface area (Å²) < 4.78 is 13.2. The van der Waals surface area contributed by atoms with E-state index in [4.69, 9.17) is 9.47 Å². The lowest BCUT2D eigenvalue weighted by molar-refractivity contribution is 0.101. The van der Waals surface area contributed by atoms with Crippen LogP contribution in [0.5, 0.6) is 11.5 Å². The molecule has 1 aromatic carbocycles. The van der Waals surface area contributed by atoms with Gasteiger partial charge in [-0.3, -0.25) is 4.79 Å². The van der Waals surface area contributed by atoms with Gasteiger partial charge in [0.1, 0.15) is 6.61 Å². The third kappa shape index (κ3) is 5.75. The van der Waals surface area contributed by atoms with E-state index in [1.54, 1.807) is 18.2 Å². The molecular weight excluding hydrogens is 376 g/mol. The van der Waals surface area contributed by atoms with Gasteiger partial charge in [-0.1, -0.05) is 25.6 Å². The number of ketones is 1. The zero-order chi connectivity index (χ0) is 20.8. The number of aromatic nitrogens is 2. The molecule has 2 aromatic rings. The first kappa shape index (κ1) is 22.3. The van der Waals surface area contributed by atoms with Crippen molar-refractivity contribution in [3.05, 3.63) is 35.2 Å². The Morgan fingerprint density at radius 1 is 1.29 bits per heavy atom. The van der Waals surface area contributed by atoms with E-state index < -0.39 is 6.10 Å². The van der Waals surface area contributed by atoms with Crippen LogP contribution in [0.15, 0.2) is 23.4 Å². The number of imidazole rings is 1. The smallest absolute Gasteiger partial charge is 0.168 e. The van der Waals surface area contributed by atoms with Gasteiger partial charge in [-0.2, -0.15) is 0 Å². The average molecular weight is 407 g/mol. The van der Waals surface area contributed by atoms with E-state index in [1.807, 2.05) is 6.92 Å². The van der Waals surface area contributed by atoms with Crippen molar-refractivity contribution in [1.29, 1.82) is 0 Å². The fourth-order valence-corrected chi connectivity index (χ4v) is 3.73. The Morgan fingerprint density at radius 2 is 2.00 bits per heavy atom. The van der Waals surface area contributed by atoms with Gasteiger partial charge in [0.15, 0.2) is 22.4 Å². The molecule has 0 saturated heterocycles. The number of aliphatic hydroxyl groups is 1. The molecule has 7 heteroatoms. The molecule has 0 saturated carbocycles. The Kier molecular flexibility index (Phi) is 7.95. The zero-order valence-electron chi connectivity index (χ0n) is 17.5. The van der Waals surface area contributed by atoms with Crippen molar-refractivity contribution in [3.8, 4) is 11.5 Å². The first-order valence-electron chi connectivity index (χ1n) is 9.39. The second-order valence-electron chi connectivity index (χ2n) is 7.27. The SMILES string of the molecule is COc1cc(C(C)=O)ccc1OCC(O)CSc1nc(C)c(C)n1CC(C)C. The zero-order valence-corrected chi connectivity index (χ0v) is 18.3. The van der Waals surface area contributed by atoms with Crippen molar-refractivity contribution in [3.63, 3.8) is 0 Å². The maximum Gasteiger partial charge on any atom is 0.168 e. The Hall–Kier alpha value is -1.99. The third-order valence-electron chi connectivity index (χ3n) is 4.38. The highest BCUT2D eigenvalue weighted by Crippen LogP contribution is 2.29. The Morgan fingerprint density at radius 3 is 2.61 bits per heavy atom. The number of hydrogen-bond donors (Lipinski definition) is 1. The molecule has 28 heavy (non-hydrogen) atoms. The third-order valence-corrected chi connectivity index (χ3v) is 5.50. The van der Waals surface area contributed by atoms with Crippen molar-refractivity contribution < 1.29 is 19.4 Å². The summed E-state index contributed by atoms with van der Waals surface area (Å²) in [6.45, 7) is 11.0. The van der Waals surface area contributed by atoms with Gasteiger partial charge < -0.3 is 19.1 Å². The number of aryl methyl sites for hydroxylation is 1. The first-order valence-corrected chi connectivity index (χ1v) is 10.4. The quantitative estimate of drug-likeness (QED) is 0.476. The van der Waals surface area contributed by atoms with Gasteiger partial charge in [0.05, 0.1) is 18.9 Å². The summed E-state index contributed by atoms with van der Waals surface area (Å²) >= 11 is 1.53. The van der Waals surface area contributed by atoms with Gasteiger partial charge in [0.2, 0.25) is 0 Å². The van der Waals surface area contributed by atoms with Crippen LogP contribution in [-0.4, -0.2) is 46.0 Å². The molecule has 0 aliphatic heterocycles. The number of thioether (sulfide) groups is 1. The van der Waals surface area contributed by atoms with E-state index in [0.29, 0.717) is 28.7 Å². The van der Waals surface area contributed by atoms with Gasteiger partial charge in [0, 0.05) is 23.6 Å². The second kappa shape index (κ2) is 9.98. The van der Waals surface area contributed by atoms with Crippen LogP contribution in [0.2, 0.25) is 0 Å². The van der Waals surface area contributed by atoms with E-state index in [-0.39, 0.29) is 12.4 Å². The van der Waals surface area contributed by atoms with E-state index in [1.165, 1.54) is 25.8 Å². The number of aliphatic hydroxyl groups excluding tert-OH is 1. The molecule has 0 spiro atoms. The highest BCUT2D eigenvalue weighted by Gasteiger charge is 2.16. The number of carbonyl (C=O) groups is 1. The van der Waals surface area contributed by atoms with Gasteiger partial charge >= 0.3 is 0 Å². The predicted octanol–water partition coefficient (Wildman–Crippen LogP) is 3.90. The summed E-state index contributed by atoms with van der Waals surface area (Å²) in [7, 11) is 1.53. The van der Waals surface area contributed by atoms with Crippen LogP contribution in [-0.2, 0) is 6.54 Å². The Labute approximate surface area is 171 Å². The van der Waals surface area contributed by atoms with Crippen molar-refractivity contribution in [2.75, 3.05) is 19.5 Å². The molecule has 6 nitrogen and oxygen atoms in total. The van der Waals surface area contributed by atoms with Crippen molar-refractivity contribution in [1.82, 2.24) is 9.55 Å². The van der Waals surface area contributed by atoms with Crippen molar-refractivity contribution in [2.45, 2.75) is 52.4 Å². The van der Waals surface area contributed by atoms with E-state index >= 15 is 0 Å². The van der Waals surface area contributed by atoms with Gasteiger partial charge in [-0.15, -0.1) is 0 Å². The number of hydrogen-bond acceptors (Lipinski definition) is 6. The fraction of sp³-hybridized carbons (Fsp3) is 0.524. The maximum atomic E-state index is 11.5. The lowest BCUT2D eigenvalue weighted by Crippen LogP contribution is -2.21. The second-order valence-corrected chi connectivity index (χ2v) is 8.25. The minimum atomic E-state index is -0.660. The highest BCUT2D eigenvalue weighted by atomic mass is 32.2. The van der Waals surface area contributed by atoms with E-state index in [0.717, 1.165) is 23.1 Å². The topological polar surface area (TPSA) is 73.6 Å². The molecule has 1 heterocycles. The van der Waals surface area contributed by atoms with Crippen LogP contribution in [0.3, 0.4) is 0 Å². The lowest BCUT2D eigenvalue weighted by Gasteiger charge is -2.16. The minimum absolute atomic E-state index is 0.0382. The minimum Gasteiger partial charge on any atom is -0.493 e. The standard InChI is InChI=1S/C21H30N2O4S/c1-13(2)10-23-15(4)14(3)22-21(23)28-12-18(25)11-27-19-8-7-17(16(5)24)9-20(19)26-6/h7-9,13,18,25H,10-12H2,1-6H3. The van der Waals surface area contributed by atoms with E-state index in [2.05, 4.69) is 30.3 Å². The fourth-order valence-electron chi connectivity index (χ4n) is 2.72. The summed E-state index contributed by atoms with van der Waals surface area (Å²) in [6, 6.07) is 5.03. The molecule has 2 rings (SSSR count).